The molecule has 0 atom stereocenters. The van der Waals surface area contributed by atoms with E-state index in [4.69, 9.17) is 29.1 Å². The van der Waals surface area contributed by atoms with Crippen molar-refractivity contribution in [3.8, 4) is 17.2 Å². The molecule has 0 aliphatic heterocycles. The maximum absolute atomic E-state index is 13.8. The van der Waals surface area contributed by atoms with Crippen LogP contribution in [0, 0.1) is 19.3 Å². The van der Waals surface area contributed by atoms with E-state index in [1.165, 1.54) is 7.11 Å². The molecular weight excluding hydrogens is 572 g/mol. The average molecular weight is 621 g/mol. The number of methoxy groups -OCH3 is 1. The summed E-state index contributed by atoms with van der Waals surface area (Å²) in [6, 6.07) is 7.16. The van der Waals surface area contributed by atoms with Gasteiger partial charge in [-0.25, -0.2) is 4.79 Å². The summed E-state index contributed by atoms with van der Waals surface area (Å²) in [5.41, 5.74) is 2.52. The molecule has 0 radical (unpaired) electrons. The predicted molar refractivity (Wildman–Crippen MR) is 172 cm³/mol. The number of hydrogen-bond donors (Lipinski definition) is 1. The molecule has 9 nitrogen and oxygen atoms in total. The van der Waals surface area contributed by atoms with Crippen LogP contribution in [0.4, 0.5) is 0 Å². The first-order chi connectivity index (χ1) is 20.0. The first kappa shape index (κ1) is 37.6. The van der Waals surface area contributed by atoms with Crippen LogP contribution in [0.25, 0.3) is 0 Å². The first-order valence-corrected chi connectivity index (χ1v) is 14.8. The molecule has 0 aromatic heterocycles. The highest BCUT2D eigenvalue weighted by Gasteiger charge is 2.34. The molecule has 1 amide bonds. The van der Waals surface area contributed by atoms with Crippen LogP contribution in [0.3, 0.4) is 0 Å². The van der Waals surface area contributed by atoms with Crippen LogP contribution in [0.2, 0.25) is 0 Å². The molecule has 0 fully saturated rings. The molecule has 43 heavy (non-hydrogen) atoms. The molecule has 1 N–H and O–H groups in total. The van der Waals surface area contributed by atoms with E-state index in [1.807, 2.05) is 72.7 Å². The Kier molecular flexibility index (Phi) is 16.0. The van der Waals surface area contributed by atoms with E-state index in [2.05, 4.69) is 0 Å². The lowest BCUT2D eigenvalue weighted by Gasteiger charge is -2.32. The second-order valence-electron chi connectivity index (χ2n) is 10.5. The number of carbonyl (C=O) groups is 2. The van der Waals surface area contributed by atoms with Crippen LogP contribution in [0.15, 0.2) is 24.3 Å². The van der Waals surface area contributed by atoms with Gasteiger partial charge in [-0.15, -0.1) is 12.4 Å². The Hall–Kier alpha value is -3.46. The highest BCUT2D eigenvalue weighted by molar-refractivity contribution is 6.09. The number of nitrogens with one attached hydrogen (secondary N) is 1. The van der Waals surface area contributed by atoms with E-state index in [-0.39, 0.29) is 59.8 Å². The van der Waals surface area contributed by atoms with Gasteiger partial charge in [0.1, 0.15) is 11.3 Å². The third kappa shape index (κ3) is 9.78. The van der Waals surface area contributed by atoms with Crippen molar-refractivity contribution in [1.82, 2.24) is 4.90 Å². The van der Waals surface area contributed by atoms with Crippen LogP contribution in [0.5, 0.6) is 17.2 Å². The van der Waals surface area contributed by atoms with Gasteiger partial charge in [-0.05, 0) is 110 Å². The Bertz CT molecular complexity index is 1200. The molecule has 2 rings (SSSR count). The molecule has 0 heterocycles. The molecule has 0 saturated carbocycles. The Balaban J connectivity index is 0.00000924. The lowest BCUT2D eigenvalue weighted by Crippen LogP contribution is -2.43. The van der Waals surface area contributed by atoms with Crippen molar-refractivity contribution in [3.05, 3.63) is 52.1 Å². The van der Waals surface area contributed by atoms with Gasteiger partial charge in [-0.3, -0.25) is 10.2 Å². The number of benzene rings is 2. The number of esters is 1. The zero-order valence-electron chi connectivity index (χ0n) is 27.1. The number of unbranched alkanes of at least 4 members (excludes halogenated alkanes) is 2. The first-order valence-electron chi connectivity index (χ1n) is 14.8. The Morgan fingerprint density at radius 2 is 1.35 bits per heavy atom. The van der Waals surface area contributed by atoms with E-state index < -0.39 is 5.97 Å². The Morgan fingerprint density at radius 1 is 0.791 bits per heavy atom. The minimum absolute atomic E-state index is 0. The third-order valence-corrected chi connectivity index (χ3v) is 6.92. The third-order valence-electron chi connectivity index (χ3n) is 6.92. The number of hydrogen-bond acceptors (Lipinski definition) is 8. The van der Waals surface area contributed by atoms with Crippen molar-refractivity contribution < 1.29 is 33.3 Å². The molecule has 2 aromatic rings. The maximum atomic E-state index is 13.8. The van der Waals surface area contributed by atoms with E-state index in [9.17, 15) is 9.59 Å². The van der Waals surface area contributed by atoms with Crippen LogP contribution in [0.1, 0.15) is 98.2 Å². The summed E-state index contributed by atoms with van der Waals surface area (Å²) in [4.78, 5) is 28.8. The van der Waals surface area contributed by atoms with E-state index in [0.29, 0.717) is 36.7 Å². The van der Waals surface area contributed by atoms with Gasteiger partial charge >= 0.3 is 5.97 Å². The van der Waals surface area contributed by atoms with Crippen molar-refractivity contribution in [2.75, 3.05) is 33.5 Å². The zero-order chi connectivity index (χ0) is 31.4. The standard InChI is InChI=1S/C33H48N2O7.ClH/c1-10-39-31(34)25-15-17-26(18-16-25)41-19-13-12-14-20-42-29-24(8)23(7)27(32(36)35(21(3)4)22(5)6)28(30(29)38-9)33(37)40-11-2;/h15-18,21-22,34H,10-14,19-20H2,1-9H3;1H. The minimum atomic E-state index is -0.613. The summed E-state index contributed by atoms with van der Waals surface area (Å²) < 4.78 is 28.3. The van der Waals surface area contributed by atoms with Gasteiger partial charge in [0.25, 0.3) is 5.91 Å². The molecule has 0 saturated heterocycles. The summed E-state index contributed by atoms with van der Waals surface area (Å²) in [5.74, 6) is 0.703. The van der Waals surface area contributed by atoms with Crippen LogP contribution < -0.4 is 14.2 Å². The topological polar surface area (TPSA) is 107 Å². The molecule has 0 aliphatic carbocycles. The monoisotopic (exact) mass is 620 g/mol. The summed E-state index contributed by atoms with van der Waals surface area (Å²) in [5, 5.41) is 7.85. The number of nitrogens with zero attached hydrogens (tertiary/aromatic N) is 1. The quantitative estimate of drug-likeness (QED) is 0.0918. The lowest BCUT2D eigenvalue weighted by atomic mass is 9.93. The van der Waals surface area contributed by atoms with E-state index in [1.54, 1.807) is 11.8 Å². The normalized spacial score (nSPS) is 10.7. The van der Waals surface area contributed by atoms with Gasteiger partial charge in [0.2, 0.25) is 5.90 Å². The second kappa shape index (κ2) is 18.3. The predicted octanol–water partition coefficient (Wildman–Crippen LogP) is 7.16. The summed E-state index contributed by atoms with van der Waals surface area (Å²) in [7, 11) is 1.47. The molecule has 0 bridgehead atoms. The van der Waals surface area contributed by atoms with E-state index >= 15 is 0 Å². The molecular formula is C33H49ClN2O7. The van der Waals surface area contributed by atoms with Gasteiger partial charge in [0, 0.05) is 17.6 Å². The number of halogens is 1. The second-order valence-corrected chi connectivity index (χ2v) is 10.5. The molecule has 2 aromatic carbocycles. The van der Waals surface area contributed by atoms with Crippen LogP contribution >= 0.6 is 12.4 Å². The van der Waals surface area contributed by atoms with Crippen molar-refractivity contribution >= 4 is 30.2 Å². The van der Waals surface area contributed by atoms with Gasteiger partial charge < -0.3 is 28.6 Å². The van der Waals surface area contributed by atoms with Gasteiger partial charge in [0.15, 0.2) is 11.5 Å². The highest BCUT2D eigenvalue weighted by Crippen LogP contribution is 2.41. The van der Waals surface area contributed by atoms with Crippen LogP contribution in [-0.2, 0) is 9.47 Å². The summed E-state index contributed by atoms with van der Waals surface area (Å²) >= 11 is 0. The van der Waals surface area contributed by atoms with Crippen molar-refractivity contribution in [1.29, 1.82) is 5.41 Å². The van der Waals surface area contributed by atoms with E-state index in [0.717, 1.165) is 30.6 Å². The Morgan fingerprint density at radius 3 is 1.86 bits per heavy atom. The number of rotatable bonds is 16. The summed E-state index contributed by atoms with van der Waals surface area (Å²) in [6.45, 7) is 16.7. The van der Waals surface area contributed by atoms with Crippen molar-refractivity contribution in [2.24, 2.45) is 0 Å². The summed E-state index contributed by atoms with van der Waals surface area (Å²) in [6.07, 6.45) is 2.46. The largest absolute Gasteiger partial charge is 0.494 e. The average Bonchev–Trinajstić information content (AvgIpc) is 2.94. The fourth-order valence-electron chi connectivity index (χ4n) is 4.85. The van der Waals surface area contributed by atoms with Crippen molar-refractivity contribution in [2.45, 2.75) is 86.7 Å². The SMILES string of the molecule is CCOC(=N)c1ccc(OCCCCCOc2c(C)c(C)c(C(=O)N(C(C)C)C(C)C)c(C(=O)OCC)c2OC)cc1.Cl. The lowest BCUT2D eigenvalue weighted by molar-refractivity contribution is 0.0505. The highest BCUT2D eigenvalue weighted by atomic mass is 35.5. The Labute approximate surface area is 263 Å². The molecule has 0 spiro atoms. The van der Waals surface area contributed by atoms with Gasteiger partial charge in [-0.2, -0.15) is 0 Å². The minimum Gasteiger partial charge on any atom is -0.494 e. The zero-order valence-corrected chi connectivity index (χ0v) is 27.9. The van der Waals surface area contributed by atoms with Crippen LogP contribution in [-0.4, -0.2) is 68.3 Å². The molecule has 240 valence electrons. The molecule has 0 aliphatic rings. The fourth-order valence-corrected chi connectivity index (χ4v) is 4.85. The van der Waals surface area contributed by atoms with Gasteiger partial charge in [0.05, 0.1) is 39.1 Å². The van der Waals surface area contributed by atoms with Gasteiger partial charge in [-0.1, -0.05) is 0 Å². The molecule has 10 heteroatoms. The number of ether oxygens (including phenoxy) is 5. The number of amides is 1. The van der Waals surface area contributed by atoms with Crippen molar-refractivity contribution in [3.63, 3.8) is 0 Å². The molecule has 0 unspecified atom stereocenters. The maximum Gasteiger partial charge on any atom is 0.342 e. The smallest absolute Gasteiger partial charge is 0.342 e. The number of carbonyl (C=O) groups excluding carboxylic acids is 2. The fraction of sp³-hybridized carbons (Fsp3) is 0.545.